The topological polar surface area (TPSA) is 13.1 Å². The van der Waals surface area contributed by atoms with Gasteiger partial charge in [0.15, 0.2) is 0 Å². The largest absolute Gasteiger partial charge is 0.455 e. The van der Waals surface area contributed by atoms with Gasteiger partial charge in [0.1, 0.15) is 11.2 Å². The zero-order valence-electron chi connectivity index (χ0n) is 22.6. The fraction of sp³-hybridized carbons (Fsp3) is 0. The second-order valence-corrected chi connectivity index (χ2v) is 11.4. The van der Waals surface area contributed by atoms with Crippen LogP contribution in [0.15, 0.2) is 144 Å². The van der Waals surface area contributed by atoms with Gasteiger partial charge in [-0.25, -0.2) is 0 Å². The SMILES string of the molecule is Clc1ccc(-c2cc3c4ccccc4c(-c4cccc5c4oc4ccccc45)cc3c3ccccc23)c2ccccc12. The minimum Gasteiger partial charge on any atom is -0.455 e. The molecule has 2 heteroatoms. The summed E-state index contributed by atoms with van der Waals surface area (Å²) in [6, 6.07) is 49.6. The van der Waals surface area contributed by atoms with E-state index < -0.39 is 0 Å². The first-order valence-electron chi connectivity index (χ1n) is 14.2. The summed E-state index contributed by atoms with van der Waals surface area (Å²) >= 11 is 6.64. The van der Waals surface area contributed by atoms with Crippen molar-refractivity contribution in [3.05, 3.63) is 145 Å². The van der Waals surface area contributed by atoms with Crippen molar-refractivity contribution in [1.82, 2.24) is 0 Å². The molecule has 9 aromatic rings. The number of hydrogen-bond donors (Lipinski definition) is 0. The van der Waals surface area contributed by atoms with E-state index in [2.05, 4.69) is 115 Å². The van der Waals surface area contributed by atoms with Crippen LogP contribution >= 0.6 is 11.6 Å². The smallest absolute Gasteiger partial charge is 0.143 e. The highest BCUT2D eigenvalue weighted by Gasteiger charge is 2.18. The molecule has 0 aliphatic rings. The normalized spacial score (nSPS) is 11.9. The Morgan fingerprint density at radius 3 is 1.50 bits per heavy atom. The van der Waals surface area contributed by atoms with Gasteiger partial charge in [0.2, 0.25) is 0 Å². The first-order valence-corrected chi connectivity index (χ1v) is 14.6. The highest BCUT2D eigenvalue weighted by Crippen LogP contribution is 2.45. The number of halogens is 1. The lowest BCUT2D eigenvalue weighted by Gasteiger charge is -2.17. The van der Waals surface area contributed by atoms with Crippen molar-refractivity contribution in [1.29, 1.82) is 0 Å². The molecule has 0 saturated heterocycles. The van der Waals surface area contributed by atoms with Gasteiger partial charge >= 0.3 is 0 Å². The molecule has 0 amide bonds. The van der Waals surface area contributed by atoms with E-state index in [0.29, 0.717) is 0 Å². The van der Waals surface area contributed by atoms with Crippen LogP contribution in [-0.2, 0) is 0 Å². The summed E-state index contributed by atoms with van der Waals surface area (Å²) in [6.07, 6.45) is 0. The summed E-state index contributed by atoms with van der Waals surface area (Å²) < 4.78 is 6.50. The van der Waals surface area contributed by atoms with E-state index >= 15 is 0 Å². The second-order valence-electron chi connectivity index (χ2n) is 11.0. The van der Waals surface area contributed by atoms with Gasteiger partial charge in [0.05, 0.1) is 0 Å². The third kappa shape index (κ3) is 3.32. The van der Waals surface area contributed by atoms with Crippen molar-refractivity contribution in [2.75, 3.05) is 0 Å². The highest BCUT2D eigenvalue weighted by atomic mass is 35.5. The molecule has 42 heavy (non-hydrogen) atoms. The number of hydrogen-bond acceptors (Lipinski definition) is 1. The molecule has 1 nitrogen and oxygen atoms in total. The number of para-hydroxylation sites is 2. The van der Waals surface area contributed by atoms with Crippen LogP contribution in [0.1, 0.15) is 0 Å². The Morgan fingerprint density at radius 1 is 0.333 bits per heavy atom. The summed E-state index contributed by atoms with van der Waals surface area (Å²) in [7, 11) is 0. The molecule has 0 aliphatic carbocycles. The molecular formula is C40H23ClO. The zero-order valence-corrected chi connectivity index (χ0v) is 23.3. The van der Waals surface area contributed by atoms with E-state index in [-0.39, 0.29) is 0 Å². The Kier molecular flexibility index (Phi) is 5.02. The first kappa shape index (κ1) is 23.6. The molecule has 0 aliphatic heterocycles. The number of furan rings is 1. The summed E-state index contributed by atoms with van der Waals surface area (Å²) in [6.45, 7) is 0. The van der Waals surface area contributed by atoms with Crippen molar-refractivity contribution in [2.45, 2.75) is 0 Å². The number of fused-ring (bicyclic) bond motifs is 9. The molecule has 0 atom stereocenters. The molecule has 9 rings (SSSR count). The van der Waals surface area contributed by atoms with Crippen LogP contribution < -0.4 is 0 Å². The van der Waals surface area contributed by atoms with Crippen molar-refractivity contribution in [3.63, 3.8) is 0 Å². The van der Waals surface area contributed by atoms with E-state index in [1.807, 2.05) is 24.3 Å². The van der Waals surface area contributed by atoms with Crippen LogP contribution in [-0.4, -0.2) is 0 Å². The van der Waals surface area contributed by atoms with Gasteiger partial charge in [-0.2, -0.15) is 0 Å². The molecular weight excluding hydrogens is 532 g/mol. The molecule has 8 aromatic carbocycles. The van der Waals surface area contributed by atoms with E-state index in [4.69, 9.17) is 16.0 Å². The Balaban J connectivity index is 1.43. The zero-order chi connectivity index (χ0) is 27.8. The van der Waals surface area contributed by atoms with Crippen molar-refractivity contribution >= 4 is 76.6 Å². The van der Waals surface area contributed by atoms with Crippen molar-refractivity contribution < 1.29 is 4.42 Å². The van der Waals surface area contributed by atoms with Gasteiger partial charge in [-0.3, -0.25) is 0 Å². The molecule has 0 spiro atoms. The maximum atomic E-state index is 6.64. The second kappa shape index (κ2) is 8.94. The summed E-state index contributed by atoms with van der Waals surface area (Å²) in [5, 5.41) is 12.6. The van der Waals surface area contributed by atoms with Crippen LogP contribution in [0, 0.1) is 0 Å². The predicted molar refractivity (Wildman–Crippen MR) is 180 cm³/mol. The van der Waals surface area contributed by atoms with Crippen molar-refractivity contribution in [2.24, 2.45) is 0 Å². The predicted octanol–water partition coefficient (Wildman–Crippen LogP) is 12.2. The van der Waals surface area contributed by atoms with Crippen molar-refractivity contribution in [3.8, 4) is 22.3 Å². The lowest BCUT2D eigenvalue weighted by atomic mass is 9.86. The van der Waals surface area contributed by atoms with E-state index in [1.54, 1.807) is 0 Å². The Morgan fingerprint density at radius 2 is 0.833 bits per heavy atom. The lowest BCUT2D eigenvalue weighted by Crippen LogP contribution is -1.90. The van der Waals surface area contributed by atoms with Gasteiger partial charge in [-0.15, -0.1) is 0 Å². The average molecular weight is 555 g/mol. The van der Waals surface area contributed by atoms with E-state index in [1.165, 1.54) is 49.0 Å². The van der Waals surface area contributed by atoms with Gasteiger partial charge in [-0.1, -0.05) is 127 Å². The monoisotopic (exact) mass is 554 g/mol. The van der Waals surface area contributed by atoms with E-state index in [0.717, 1.165) is 43.3 Å². The maximum absolute atomic E-state index is 6.64. The molecule has 0 bridgehead atoms. The first-order chi connectivity index (χ1) is 20.8. The van der Waals surface area contributed by atoms with Gasteiger partial charge < -0.3 is 4.42 Å². The van der Waals surface area contributed by atoms with Crippen LogP contribution in [0.5, 0.6) is 0 Å². The minimum absolute atomic E-state index is 0.772. The van der Waals surface area contributed by atoms with Crippen LogP contribution in [0.25, 0.3) is 87.3 Å². The molecule has 0 radical (unpaired) electrons. The van der Waals surface area contributed by atoms with Crippen LogP contribution in [0.3, 0.4) is 0 Å². The molecule has 0 unspecified atom stereocenters. The van der Waals surface area contributed by atoms with Gasteiger partial charge in [0, 0.05) is 26.7 Å². The fourth-order valence-corrected chi connectivity index (χ4v) is 7.08. The molecule has 0 N–H and O–H groups in total. The standard InChI is InChI=1S/C40H23ClO/c41-38-21-20-29(24-10-5-6-15-30(24)38)34-22-36-28-14-4-2-12-26(28)35(23-37(36)27-13-3-1-11-25(27)34)33-18-9-17-32-31-16-7-8-19-39(31)42-40(32)33/h1-23H. The van der Waals surface area contributed by atoms with E-state index in [9.17, 15) is 0 Å². The lowest BCUT2D eigenvalue weighted by molar-refractivity contribution is 0.670. The molecule has 1 aromatic heterocycles. The highest BCUT2D eigenvalue weighted by molar-refractivity contribution is 6.36. The molecule has 196 valence electrons. The summed E-state index contributed by atoms with van der Waals surface area (Å²) in [4.78, 5) is 0. The summed E-state index contributed by atoms with van der Waals surface area (Å²) in [5.74, 6) is 0. The molecule has 0 saturated carbocycles. The quantitative estimate of drug-likeness (QED) is 0.194. The number of rotatable bonds is 2. The van der Waals surface area contributed by atoms with Gasteiger partial charge in [-0.05, 0) is 78.7 Å². The van der Waals surface area contributed by atoms with Crippen LogP contribution in [0.2, 0.25) is 5.02 Å². The third-order valence-electron chi connectivity index (χ3n) is 8.74. The Hall–Kier alpha value is -5.11. The number of benzene rings is 8. The van der Waals surface area contributed by atoms with Crippen LogP contribution in [0.4, 0.5) is 0 Å². The third-order valence-corrected chi connectivity index (χ3v) is 9.07. The minimum atomic E-state index is 0.772. The Bertz CT molecular complexity index is 2540. The molecule has 0 fully saturated rings. The van der Waals surface area contributed by atoms with Gasteiger partial charge in [0.25, 0.3) is 0 Å². The Labute approximate surface area is 247 Å². The fourth-order valence-electron chi connectivity index (χ4n) is 6.85. The maximum Gasteiger partial charge on any atom is 0.143 e. The average Bonchev–Trinajstić information content (AvgIpc) is 3.44. The summed E-state index contributed by atoms with van der Waals surface area (Å²) in [5.41, 5.74) is 6.53. The molecule has 1 heterocycles.